The van der Waals surface area contributed by atoms with Gasteiger partial charge < -0.3 is 9.64 Å². The van der Waals surface area contributed by atoms with Gasteiger partial charge in [-0.25, -0.2) is 4.98 Å². The SMILES string of the molecule is C\C=C/C=C\C(=C/C)c1cc(SCC(=O)N2CCOCC2)nc(-c2ccccc2)c1. The Hall–Kier alpha value is -2.63. The third kappa shape index (κ3) is 6.18. The van der Waals surface area contributed by atoms with Gasteiger partial charge in [-0.1, -0.05) is 72.5 Å². The van der Waals surface area contributed by atoms with Gasteiger partial charge >= 0.3 is 0 Å². The van der Waals surface area contributed by atoms with E-state index in [0.29, 0.717) is 32.1 Å². The van der Waals surface area contributed by atoms with Gasteiger partial charge in [-0.05, 0) is 37.1 Å². The highest BCUT2D eigenvalue weighted by molar-refractivity contribution is 7.99. The smallest absolute Gasteiger partial charge is 0.233 e. The summed E-state index contributed by atoms with van der Waals surface area (Å²) in [6, 6.07) is 14.3. The van der Waals surface area contributed by atoms with Crippen LogP contribution < -0.4 is 0 Å². The van der Waals surface area contributed by atoms with Gasteiger partial charge in [0.2, 0.25) is 5.91 Å². The molecule has 1 aromatic carbocycles. The van der Waals surface area contributed by atoms with Crippen molar-refractivity contribution < 1.29 is 9.53 Å². The Bertz CT molecular complexity index is 929. The Morgan fingerprint density at radius 1 is 1.13 bits per heavy atom. The molecular formula is C25H28N2O2S. The van der Waals surface area contributed by atoms with Crippen LogP contribution in [0.5, 0.6) is 0 Å². The van der Waals surface area contributed by atoms with Crippen LogP contribution in [0.4, 0.5) is 0 Å². The predicted molar refractivity (Wildman–Crippen MR) is 125 cm³/mol. The molecule has 0 atom stereocenters. The molecule has 30 heavy (non-hydrogen) atoms. The first-order valence-corrected chi connectivity index (χ1v) is 11.2. The second kappa shape index (κ2) is 11.5. The standard InChI is InChI=1S/C25H28N2O2S/c1-3-5-7-10-20(4-2)22-17-23(21-11-8-6-9-12-21)26-24(18-22)30-19-25(28)27-13-15-29-16-14-27/h3-12,17-18H,13-16,19H2,1-2H3/b5-3-,10-7-,20-4+. The highest BCUT2D eigenvalue weighted by Crippen LogP contribution is 2.28. The lowest BCUT2D eigenvalue weighted by Crippen LogP contribution is -2.41. The zero-order valence-electron chi connectivity index (χ0n) is 17.6. The van der Waals surface area contributed by atoms with Crippen molar-refractivity contribution in [2.45, 2.75) is 18.9 Å². The number of amides is 1. The lowest BCUT2D eigenvalue weighted by molar-refractivity contribution is -0.132. The van der Waals surface area contributed by atoms with E-state index in [0.717, 1.165) is 27.4 Å². The molecule has 0 bridgehead atoms. The van der Waals surface area contributed by atoms with Crippen LogP contribution in [0.25, 0.3) is 16.8 Å². The van der Waals surface area contributed by atoms with E-state index < -0.39 is 0 Å². The van der Waals surface area contributed by atoms with Crippen LogP contribution in [0.1, 0.15) is 19.4 Å². The topological polar surface area (TPSA) is 42.4 Å². The highest BCUT2D eigenvalue weighted by atomic mass is 32.2. The van der Waals surface area contributed by atoms with Crippen molar-refractivity contribution in [2.75, 3.05) is 32.1 Å². The normalized spacial score (nSPS) is 15.3. The molecule has 156 valence electrons. The molecule has 1 aliphatic rings. The van der Waals surface area contributed by atoms with Crippen molar-refractivity contribution in [3.05, 3.63) is 78.4 Å². The van der Waals surface area contributed by atoms with E-state index in [2.05, 4.69) is 36.4 Å². The van der Waals surface area contributed by atoms with Crippen molar-refractivity contribution in [3.8, 4) is 11.3 Å². The number of morpholine rings is 1. The lowest BCUT2D eigenvalue weighted by Gasteiger charge is -2.26. The van der Waals surface area contributed by atoms with Gasteiger partial charge in [0.25, 0.3) is 0 Å². The molecule has 0 aliphatic carbocycles. The first kappa shape index (κ1) is 22.1. The number of allylic oxidation sites excluding steroid dienone is 6. The molecule has 1 aliphatic heterocycles. The van der Waals surface area contributed by atoms with E-state index in [-0.39, 0.29) is 5.91 Å². The van der Waals surface area contributed by atoms with Crippen molar-refractivity contribution in [3.63, 3.8) is 0 Å². The van der Waals surface area contributed by atoms with Crippen LogP contribution in [-0.2, 0) is 9.53 Å². The largest absolute Gasteiger partial charge is 0.378 e. The summed E-state index contributed by atoms with van der Waals surface area (Å²) < 4.78 is 5.34. The molecule has 1 amide bonds. The Kier molecular flexibility index (Phi) is 8.48. The number of ether oxygens (including phenoxy) is 1. The molecule has 0 saturated carbocycles. The van der Waals surface area contributed by atoms with Gasteiger partial charge in [-0.2, -0.15) is 0 Å². The number of hydrogen-bond donors (Lipinski definition) is 0. The molecule has 5 heteroatoms. The summed E-state index contributed by atoms with van der Waals surface area (Å²) in [5.41, 5.74) is 4.18. The van der Waals surface area contributed by atoms with E-state index in [9.17, 15) is 4.79 Å². The fourth-order valence-corrected chi connectivity index (χ4v) is 4.00. The minimum Gasteiger partial charge on any atom is -0.378 e. The number of nitrogens with zero attached hydrogens (tertiary/aromatic N) is 2. The summed E-state index contributed by atoms with van der Waals surface area (Å²) in [6.07, 6.45) is 10.2. The minimum atomic E-state index is 0.135. The van der Waals surface area contributed by atoms with Crippen LogP contribution in [0.3, 0.4) is 0 Å². The second-order valence-electron chi connectivity index (χ2n) is 6.86. The average Bonchev–Trinajstić information content (AvgIpc) is 2.81. The Morgan fingerprint density at radius 2 is 1.90 bits per heavy atom. The zero-order valence-corrected chi connectivity index (χ0v) is 18.4. The zero-order chi connectivity index (χ0) is 21.2. The summed E-state index contributed by atoms with van der Waals surface area (Å²) in [4.78, 5) is 19.3. The Labute approximate surface area is 183 Å². The average molecular weight is 421 g/mol. The molecule has 2 aromatic rings. The molecule has 3 rings (SSSR count). The summed E-state index contributed by atoms with van der Waals surface area (Å²) >= 11 is 1.49. The number of rotatable bonds is 7. The van der Waals surface area contributed by atoms with Crippen molar-refractivity contribution >= 4 is 23.2 Å². The molecule has 1 fully saturated rings. The van der Waals surface area contributed by atoms with Gasteiger partial charge in [0, 0.05) is 18.7 Å². The van der Waals surface area contributed by atoms with Gasteiger partial charge in [0.05, 0.1) is 29.7 Å². The molecule has 4 nitrogen and oxygen atoms in total. The third-order valence-corrected chi connectivity index (χ3v) is 5.70. The molecule has 1 saturated heterocycles. The number of aromatic nitrogens is 1. The van der Waals surface area contributed by atoms with E-state index in [1.54, 1.807) is 0 Å². The van der Waals surface area contributed by atoms with Gasteiger partial charge in [-0.15, -0.1) is 0 Å². The van der Waals surface area contributed by atoms with Gasteiger partial charge in [0.15, 0.2) is 0 Å². The van der Waals surface area contributed by atoms with Crippen LogP contribution in [-0.4, -0.2) is 47.8 Å². The maximum absolute atomic E-state index is 12.6. The van der Waals surface area contributed by atoms with E-state index in [1.165, 1.54) is 11.8 Å². The predicted octanol–water partition coefficient (Wildman–Crippen LogP) is 5.24. The fraction of sp³-hybridized carbons (Fsp3) is 0.280. The summed E-state index contributed by atoms with van der Waals surface area (Å²) in [6.45, 7) is 6.60. The quantitative estimate of drug-likeness (QED) is 0.454. The van der Waals surface area contributed by atoms with E-state index in [4.69, 9.17) is 9.72 Å². The number of pyridine rings is 1. The van der Waals surface area contributed by atoms with Crippen molar-refractivity contribution in [1.82, 2.24) is 9.88 Å². The highest BCUT2D eigenvalue weighted by Gasteiger charge is 2.17. The number of carbonyl (C=O) groups excluding carboxylic acids is 1. The molecule has 0 radical (unpaired) electrons. The Balaban J connectivity index is 1.86. The maximum Gasteiger partial charge on any atom is 0.233 e. The number of thioether (sulfide) groups is 1. The van der Waals surface area contributed by atoms with Crippen LogP contribution in [0.15, 0.2) is 77.9 Å². The molecule has 2 heterocycles. The summed E-state index contributed by atoms with van der Waals surface area (Å²) in [5, 5.41) is 0.853. The van der Waals surface area contributed by atoms with Crippen molar-refractivity contribution in [1.29, 1.82) is 0 Å². The fourth-order valence-electron chi connectivity index (χ4n) is 3.17. The molecular weight excluding hydrogens is 392 g/mol. The number of benzene rings is 1. The third-order valence-electron chi connectivity index (χ3n) is 4.80. The van der Waals surface area contributed by atoms with E-state index >= 15 is 0 Å². The molecule has 0 N–H and O–H groups in total. The number of hydrogen-bond acceptors (Lipinski definition) is 4. The second-order valence-corrected chi connectivity index (χ2v) is 7.85. The minimum absolute atomic E-state index is 0.135. The van der Waals surface area contributed by atoms with Crippen molar-refractivity contribution in [2.24, 2.45) is 0 Å². The lowest BCUT2D eigenvalue weighted by atomic mass is 10.0. The maximum atomic E-state index is 12.6. The number of carbonyl (C=O) groups is 1. The molecule has 0 spiro atoms. The molecule has 1 aromatic heterocycles. The summed E-state index contributed by atoms with van der Waals surface area (Å²) in [7, 11) is 0. The first-order chi connectivity index (χ1) is 14.7. The Morgan fingerprint density at radius 3 is 2.60 bits per heavy atom. The first-order valence-electron chi connectivity index (χ1n) is 10.2. The van der Waals surface area contributed by atoms with Crippen LogP contribution in [0.2, 0.25) is 0 Å². The molecule has 0 unspecified atom stereocenters. The summed E-state index contributed by atoms with van der Waals surface area (Å²) in [5.74, 6) is 0.514. The van der Waals surface area contributed by atoms with Crippen LogP contribution in [0, 0.1) is 0 Å². The monoisotopic (exact) mass is 420 g/mol. The van der Waals surface area contributed by atoms with Gasteiger partial charge in [-0.3, -0.25) is 4.79 Å². The van der Waals surface area contributed by atoms with Crippen LogP contribution >= 0.6 is 11.8 Å². The van der Waals surface area contributed by atoms with Gasteiger partial charge in [0.1, 0.15) is 0 Å². The van der Waals surface area contributed by atoms with E-state index in [1.807, 2.05) is 55.2 Å².